The van der Waals surface area contributed by atoms with Gasteiger partial charge in [-0.25, -0.2) is 4.79 Å². The average Bonchev–Trinajstić information content (AvgIpc) is 3.16. The van der Waals surface area contributed by atoms with Gasteiger partial charge in [0.2, 0.25) is 5.78 Å². The minimum atomic E-state index is -0.817. The van der Waals surface area contributed by atoms with E-state index in [1.807, 2.05) is 39.1 Å². The quantitative estimate of drug-likeness (QED) is 0.470. The Hall–Kier alpha value is -2.69. The summed E-state index contributed by atoms with van der Waals surface area (Å²) in [4.78, 5) is 24.6. The van der Waals surface area contributed by atoms with Gasteiger partial charge in [-0.05, 0) is 63.3 Å². The first-order chi connectivity index (χ1) is 12.4. The largest absolute Gasteiger partial charge is 0.451 e. The van der Waals surface area contributed by atoms with Crippen LogP contribution < -0.4 is 0 Å². The zero-order valence-corrected chi connectivity index (χ0v) is 15.7. The number of rotatable bonds is 5. The number of hydrogen-bond donors (Lipinski definition) is 0. The number of aryl methyl sites for hydroxylation is 4. The number of carbonyl (C=O) groups excluding carboxylic acids is 2. The summed E-state index contributed by atoms with van der Waals surface area (Å²) in [5.74, 6) is -0.704. The van der Waals surface area contributed by atoms with Crippen LogP contribution >= 0.6 is 0 Å². The van der Waals surface area contributed by atoms with Crippen molar-refractivity contribution in [3.05, 3.63) is 57.9 Å². The third-order valence-electron chi connectivity index (χ3n) is 5.00. The van der Waals surface area contributed by atoms with E-state index in [1.54, 1.807) is 17.7 Å². The van der Waals surface area contributed by atoms with Crippen LogP contribution in [0, 0.1) is 13.8 Å². The molecule has 1 atom stereocenters. The SMILES string of the molecule is Cc1nn(C)c(C)c1/C=C/C(=O)O[C@@H](C)C(=O)c1ccc2c(c1)CCC2. The normalized spacial score (nSPS) is 14.5. The van der Waals surface area contributed by atoms with Crippen molar-refractivity contribution in [1.29, 1.82) is 0 Å². The summed E-state index contributed by atoms with van der Waals surface area (Å²) in [5.41, 5.74) is 5.86. The maximum absolute atomic E-state index is 12.6. The molecule has 5 heteroatoms. The molecule has 1 aromatic heterocycles. The number of hydrogen-bond acceptors (Lipinski definition) is 4. The molecule has 1 aromatic carbocycles. The van der Waals surface area contributed by atoms with E-state index in [1.165, 1.54) is 17.2 Å². The highest BCUT2D eigenvalue weighted by Gasteiger charge is 2.21. The third kappa shape index (κ3) is 3.62. The molecule has 0 N–H and O–H groups in total. The molecular formula is C21H24N2O3. The molecule has 0 saturated heterocycles. The number of nitrogens with zero attached hydrogens (tertiary/aromatic N) is 2. The molecule has 1 aliphatic carbocycles. The molecule has 2 aromatic rings. The Morgan fingerprint density at radius 2 is 1.96 bits per heavy atom. The van der Waals surface area contributed by atoms with Crippen LogP contribution in [0.1, 0.15) is 51.8 Å². The molecule has 0 saturated carbocycles. The molecule has 1 heterocycles. The Balaban J connectivity index is 1.65. The maximum Gasteiger partial charge on any atom is 0.331 e. The van der Waals surface area contributed by atoms with Gasteiger partial charge in [0.25, 0.3) is 0 Å². The fourth-order valence-electron chi connectivity index (χ4n) is 3.41. The van der Waals surface area contributed by atoms with Crippen LogP contribution in [0.25, 0.3) is 6.08 Å². The number of Topliss-reactive ketones (excluding diaryl/α,β-unsaturated/α-hetero) is 1. The molecule has 0 unspecified atom stereocenters. The van der Waals surface area contributed by atoms with Crippen LogP contribution in [0.4, 0.5) is 0 Å². The van der Waals surface area contributed by atoms with Gasteiger partial charge in [0.05, 0.1) is 5.69 Å². The van der Waals surface area contributed by atoms with Gasteiger partial charge >= 0.3 is 5.97 Å². The minimum Gasteiger partial charge on any atom is -0.451 e. The van der Waals surface area contributed by atoms with Crippen molar-refractivity contribution in [1.82, 2.24) is 9.78 Å². The lowest BCUT2D eigenvalue weighted by atomic mass is 10.0. The topological polar surface area (TPSA) is 61.2 Å². The monoisotopic (exact) mass is 352 g/mol. The highest BCUT2D eigenvalue weighted by Crippen LogP contribution is 2.23. The van der Waals surface area contributed by atoms with Crippen molar-refractivity contribution in [2.75, 3.05) is 0 Å². The molecule has 1 aliphatic rings. The number of benzene rings is 1. The Bertz CT molecular complexity index is 893. The smallest absolute Gasteiger partial charge is 0.331 e. The highest BCUT2D eigenvalue weighted by molar-refractivity contribution is 6.01. The number of ketones is 1. The third-order valence-corrected chi connectivity index (χ3v) is 5.00. The number of carbonyl (C=O) groups is 2. The lowest BCUT2D eigenvalue weighted by Crippen LogP contribution is -2.23. The molecule has 5 nitrogen and oxygen atoms in total. The van der Waals surface area contributed by atoms with Gasteiger partial charge in [-0.3, -0.25) is 9.48 Å². The summed E-state index contributed by atoms with van der Waals surface area (Å²) in [6.07, 6.45) is 5.44. The molecule has 26 heavy (non-hydrogen) atoms. The zero-order valence-electron chi connectivity index (χ0n) is 15.7. The summed E-state index contributed by atoms with van der Waals surface area (Å²) in [6.45, 7) is 5.44. The predicted molar refractivity (Wildman–Crippen MR) is 100 cm³/mol. The Morgan fingerprint density at radius 3 is 2.65 bits per heavy atom. The number of aromatic nitrogens is 2. The van der Waals surface area contributed by atoms with Crippen molar-refractivity contribution < 1.29 is 14.3 Å². The molecule has 0 amide bonds. The van der Waals surface area contributed by atoms with Crippen molar-refractivity contribution in [3.63, 3.8) is 0 Å². The van der Waals surface area contributed by atoms with Gasteiger partial charge in [0.15, 0.2) is 6.10 Å². The lowest BCUT2D eigenvalue weighted by molar-refractivity contribution is -0.140. The van der Waals surface area contributed by atoms with Crippen molar-refractivity contribution in [2.45, 2.75) is 46.1 Å². The summed E-state index contributed by atoms with van der Waals surface area (Å²) in [5, 5.41) is 4.31. The van der Waals surface area contributed by atoms with E-state index in [-0.39, 0.29) is 5.78 Å². The number of ether oxygens (including phenoxy) is 1. The second-order valence-corrected chi connectivity index (χ2v) is 6.82. The van der Waals surface area contributed by atoms with E-state index in [2.05, 4.69) is 5.10 Å². The van der Waals surface area contributed by atoms with E-state index >= 15 is 0 Å². The van der Waals surface area contributed by atoms with Gasteiger partial charge in [0, 0.05) is 29.9 Å². The first-order valence-electron chi connectivity index (χ1n) is 8.91. The lowest BCUT2D eigenvalue weighted by Gasteiger charge is -2.12. The minimum absolute atomic E-state index is 0.171. The second-order valence-electron chi connectivity index (χ2n) is 6.82. The van der Waals surface area contributed by atoms with E-state index in [4.69, 9.17) is 4.74 Å². The van der Waals surface area contributed by atoms with Gasteiger partial charge in [-0.1, -0.05) is 12.1 Å². The van der Waals surface area contributed by atoms with E-state index in [0.717, 1.165) is 36.2 Å². The van der Waals surface area contributed by atoms with Gasteiger partial charge in [0.1, 0.15) is 0 Å². The Labute approximate surface area is 153 Å². The van der Waals surface area contributed by atoms with Crippen LogP contribution in [0.15, 0.2) is 24.3 Å². The molecular weight excluding hydrogens is 328 g/mol. The van der Waals surface area contributed by atoms with Gasteiger partial charge < -0.3 is 4.74 Å². The molecule has 0 aliphatic heterocycles. The summed E-state index contributed by atoms with van der Waals surface area (Å²) >= 11 is 0. The molecule has 0 fully saturated rings. The summed E-state index contributed by atoms with van der Waals surface area (Å²) in [7, 11) is 1.86. The van der Waals surface area contributed by atoms with Crippen LogP contribution in [0.3, 0.4) is 0 Å². The van der Waals surface area contributed by atoms with E-state index < -0.39 is 12.1 Å². The van der Waals surface area contributed by atoms with Gasteiger partial charge in [-0.15, -0.1) is 0 Å². The second kappa shape index (κ2) is 7.28. The standard InChI is InChI=1S/C21H24N2O3/c1-13-19(14(2)23(4)22-13)10-11-20(24)26-15(3)21(25)18-9-8-16-6-5-7-17(16)12-18/h8-12,15H,5-7H2,1-4H3/b11-10+/t15-/m0/s1. The zero-order chi connectivity index (χ0) is 18.8. The van der Waals surface area contributed by atoms with Crippen molar-refractivity contribution >= 4 is 17.8 Å². The van der Waals surface area contributed by atoms with Crippen LogP contribution in [-0.4, -0.2) is 27.6 Å². The molecule has 136 valence electrons. The Kier molecular flexibility index (Phi) is 5.07. The van der Waals surface area contributed by atoms with Gasteiger partial charge in [-0.2, -0.15) is 5.10 Å². The number of esters is 1. The fraction of sp³-hybridized carbons (Fsp3) is 0.381. The van der Waals surface area contributed by atoms with E-state index in [9.17, 15) is 9.59 Å². The summed E-state index contributed by atoms with van der Waals surface area (Å²) < 4.78 is 7.06. The predicted octanol–water partition coefficient (Wildman–Crippen LogP) is 3.35. The van der Waals surface area contributed by atoms with Crippen molar-refractivity contribution in [3.8, 4) is 0 Å². The van der Waals surface area contributed by atoms with Crippen LogP contribution in [0.5, 0.6) is 0 Å². The molecule has 3 rings (SSSR count). The molecule has 0 radical (unpaired) electrons. The Morgan fingerprint density at radius 1 is 1.23 bits per heavy atom. The maximum atomic E-state index is 12.6. The number of fused-ring (bicyclic) bond motifs is 1. The highest BCUT2D eigenvalue weighted by atomic mass is 16.5. The fourth-order valence-corrected chi connectivity index (χ4v) is 3.41. The molecule has 0 bridgehead atoms. The first-order valence-corrected chi connectivity index (χ1v) is 8.91. The van der Waals surface area contributed by atoms with Crippen molar-refractivity contribution in [2.24, 2.45) is 7.05 Å². The first kappa shape index (κ1) is 18.1. The van der Waals surface area contributed by atoms with E-state index in [0.29, 0.717) is 5.56 Å². The van der Waals surface area contributed by atoms with Crippen LogP contribution in [0.2, 0.25) is 0 Å². The average molecular weight is 352 g/mol. The summed E-state index contributed by atoms with van der Waals surface area (Å²) in [6, 6.07) is 5.78. The van der Waals surface area contributed by atoms with Crippen LogP contribution in [-0.2, 0) is 29.4 Å². The molecule has 0 spiro atoms.